The van der Waals surface area contributed by atoms with Crippen LogP contribution in [0.15, 0.2) is 24.3 Å². The predicted molar refractivity (Wildman–Crippen MR) is 103 cm³/mol. The number of amides is 2. The molecule has 3 rings (SSSR count). The Labute approximate surface area is 172 Å². The van der Waals surface area contributed by atoms with Gasteiger partial charge in [-0.3, -0.25) is 9.59 Å². The van der Waals surface area contributed by atoms with Crippen molar-refractivity contribution in [1.82, 2.24) is 19.6 Å². The van der Waals surface area contributed by atoms with Gasteiger partial charge in [-0.2, -0.15) is 18.3 Å². The highest BCUT2D eigenvalue weighted by molar-refractivity contribution is 5.96. The Balaban J connectivity index is 1.96. The summed E-state index contributed by atoms with van der Waals surface area (Å²) in [4.78, 5) is 28.1. The summed E-state index contributed by atoms with van der Waals surface area (Å²) >= 11 is 0. The number of carbonyl (C=O) groups is 2. The Hall–Kier alpha value is -3.04. The van der Waals surface area contributed by atoms with Crippen LogP contribution < -0.4 is 4.74 Å². The number of methoxy groups -OCH3 is 1. The first-order valence-corrected chi connectivity index (χ1v) is 9.54. The molecule has 1 aliphatic heterocycles. The maximum Gasteiger partial charge on any atom is 0.435 e. The number of rotatable bonds is 6. The molecule has 0 saturated heterocycles. The van der Waals surface area contributed by atoms with E-state index in [2.05, 4.69) is 5.10 Å². The van der Waals surface area contributed by atoms with Crippen molar-refractivity contribution in [2.75, 3.05) is 33.8 Å². The molecule has 0 bridgehead atoms. The van der Waals surface area contributed by atoms with Crippen molar-refractivity contribution in [3.05, 3.63) is 41.2 Å². The van der Waals surface area contributed by atoms with Gasteiger partial charge in [0.05, 0.1) is 12.8 Å². The zero-order chi connectivity index (χ0) is 22.1. The van der Waals surface area contributed by atoms with Crippen molar-refractivity contribution in [2.45, 2.75) is 25.9 Å². The Morgan fingerprint density at radius 3 is 2.50 bits per heavy atom. The molecule has 30 heavy (non-hydrogen) atoms. The molecule has 2 amide bonds. The van der Waals surface area contributed by atoms with Gasteiger partial charge in [0.15, 0.2) is 5.69 Å². The summed E-state index contributed by atoms with van der Waals surface area (Å²) in [6.07, 6.45) is -4.55. The van der Waals surface area contributed by atoms with Gasteiger partial charge in [-0.05, 0) is 37.6 Å². The SMILES string of the molecule is CCN(C)C(=O)CCN1CCc2c(C(F)(F)F)nn(-c3ccc(OC)cc3)c2C1=O. The first kappa shape index (κ1) is 21.7. The van der Waals surface area contributed by atoms with Crippen LogP contribution in [0.1, 0.15) is 35.1 Å². The van der Waals surface area contributed by atoms with E-state index in [1.807, 2.05) is 6.92 Å². The number of ether oxygens (including phenoxy) is 1. The molecular weight excluding hydrogens is 401 g/mol. The second kappa shape index (κ2) is 8.37. The van der Waals surface area contributed by atoms with Gasteiger partial charge in [0.2, 0.25) is 5.91 Å². The van der Waals surface area contributed by atoms with E-state index in [9.17, 15) is 22.8 Å². The number of hydrogen-bond donors (Lipinski definition) is 0. The van der Waals surface area contributed by atoms with Crippen molar-refractivity contribution in [3.63, 3.8) is 0 Å². The van der Waals surface area contributed by atoms with E-state index < -0.39 is 17.8 Å². The van der Waals surface area contributed by atoms with Gasteiger partial charge in [-0.15, -0.1) is 0 Å². The van der Waals surface area contributed by atoms with E-state index in [4.69, 9.17) is 4.74 Å². The molecule has 0 unspecified atom stereocenters. The second-order valence-corrected chi connectivity index (χ2v) is 6.98. The summed E-state index contributed by atoms with van der Waals surface area (Å²) in [5.41, 5.74) is -0.964. The van der Waals surface area contributed by atoms with Crippen LogP contribution in [0.2, 0.25) is 0 Å². The smallest absolute Gasteiger partial charge is 0.435 e. The topological polar surface area (TPSA) is 67.7 Å². The molecular formula is C20H23F3N4O3. The normalized spacial score (nSPS) is 13.9. The summed E-state index contributed by atoms with van der Waals surface area (Å²) in [6, 6.07) is 6.25. The van der Waals surface area contributed by atoms with Gasteiger partial charge in [-0.1, -0.05) is 0 Å². The molecule has 10 heteroatoms. The molecule has 0 fully saturated rings. The number of carbonyl (C=O) groups excluding carboxylic acids is 2. The van der Waals surface area contributed by atoms with Gasteiger partial charge in [0.25, 0.3) is 5.91 Å². The molecule has 1 aromatic carbocycles. The van der Waals surface area contributed by atoms with E-state index in [1.165, 1.54) is 29.0 Å². The van der Waals surface area contributed by atoms with E-state index >= 15 is 0 Å². The van der Waals surface area contributed by atoms with Crippen LogP contribution in [-0.2, 0) is 17.4 Å². The second-order valence-electron chi connectivity index (χ2n) is 6.98. The lowest BCUT2D eigenvalue weighted by molar-refractivity contribution is -0.142. The maximum atomic E-state index is 13.6. The molecule has 0 saturated carbocycles. The lowest BCUT2D eigenvalue weighted by atomic mass is 10.0. The van der Waals surface area contributed by atoms with Gasteiger partial charge in [-0.25, -0.2) is 4.68 Å². The highest BCUT2D eigenvalue weighted by Crippen LogP contribution is 2.36. The molecule has 1 aromatic heterocycles. The maximum absolute atomic E-state index is 13.6. The van der Waals surface area contributed by atoms with Crippen molar-refractivity contribution < 1.29 is 27.5 Å². The molecule has 7 nitrogen and oxygen atoms in total. The standard InChI is InChI=1S/C20H23F3N4O3/c1-4-25(2)16(28)10-12-26-11-9-15-17(19(26)29)27(24-18(15)20(21,22)23)13-5-7-14(30-3)8-6-13/h5-8H,4,9-12H2,1-3H3. The average Bonchev–Trinajstić information content (AvgIpc) is 3.13. The zero-order valence-corrected chi connectivity index (χ0v) is 17.0. The van der Waals surface area contributed by atoms with Gasteiger partial charge >= 0.3 is 6.18 Å². The fourth-order valence-electron chi connectivity index (χ4n) is 3.35. The van der Waals surface area contributed by atoms with E-state index in [1.54, 1.807) is 19.2 Å². The first-order valence-electron chi connectivity index (χ1n) is 9.54. The molecule has 0 atom stereocenters. The third kappa shape index (κ3) is 4.12. The number of hydrogen-bond acceptors (Lipinski definition) is 4. The van der Waals surface area contributed by atoms with Gasteiger partial charge in [0, 0.05) is 38.7 Å². The number of alkyl halides is 3. The quantitative estimate of drug-likeness (QED) is 0.715. The number of benzene rings is 1. The summed E-state index contributed by atoms with van der Waals surface area (Å²) in [7, 11) is 3.14. The van der Waals surface area contributed by atoms with Gasteiger partial charge < -0.3 is 14.5 Å². The average molecular weight is 424 g/mol. The lowest BCUT2D eigenvalue weighted by Gasteiger charge is -2.28. The fourth-order valence-corrected chi connectivity index (χ4v) is 3.35. The molecule has 162 valence electrons. The molecule has 0 radical (unpaired) electrons. The molecule has 0 spiro atoms. The highest BCUT2D eigenvalue weighted by Gasteiger charge is 2.43. The summed E-state index contributed by atoms with van der Waals surface area (Å²) in [5, 5.41) is 3.74. The number of halogens is 3. The molecule has 2 aromatic rings. The molecule has 0 N–H and O–H groups in total. The number of nitrogens with zero attached hydrogens (tertiary/aromatic N) is 4. The largest absolute Gasteiger partial charge is 0.497 e. The summed E-state index contributed by atoms with van der Waals surface area (Å²) in [5.74, 6) is -0.167. The van der Waals surface area contributed by atoms with Crippen LogP contribution in [0.4, 0.5) is 13.2 Å². The van der Waals surface area contributed by atoms with Gasteiger partial charge in [0.1, 0.15) is 11.4 Å². The molecule has 1 aliphatic rings. The van der Waals surface area contributed by atoms with Crippen LogP contribution in [0.25, 0.3) is 5.69 Å². The number of fused-ring (bicyclic) bond motifs is 1. The zero-order valence-electron chi connectivity index (χ0n) is 17.0. The Kier molecular flexibility index (Phi) is 6.04. The third-order valence-electron chi connectivity index (χ3n) is 5.19. The highest BCUT2D eigenvalue weighted by atomic mass is 19.4. The lowest BCUT2D eigenvalue weighted by Crippen LogP contribution is -2.41. The first-order chi connectivity index (χ1) is 14.2. The third-order valence-corrected chi connectivity index (χ3v) is 5.19. The molecule has 0 aliphatic carbocycles. The Morgan fingerprint density at radius 2 is 1.93 bits per heavy atom. The van der Waals surface area contributed by atoms with E-state index in [-0.39, 0.29) is 43.1 Å². The van der Waals surface area contributed by atoms with Crippen molar-refractivity contribution in [2.24, 2.45) is 0 Å². The van der Waals surface area contributed by atoms with Crippen molar-refractivity contribution >= 4 is 11.8 Å². The van der Waals surface area contributed by atoms with Crippen molar-refractivity contribution in [3.8, 4) is 11.4 Å². The Morgan fingerprint density at radius 1 is 1.27 bits per heavy atom. The van der Waals surface area contributed by atoms with Crippen LogP contribution in [0.3, 0.4) is 0 Å². The minimum Gasteiger partial charge on any atom is -0.497 e. The van der Waals surface area contributed by atoms with E-state index in [0.29, 0.717) is 18.0 Å². The summed E-state index contributed by atoms with van der Waals surface area (Å²) < 4.78 is 46.8. The minimum absolute atomic E-state index is 0.0177. The van der Waals surface area contributed by atoms with Crippen LogP contribution in [0.5, 0.6) is 5.75 Å². The monoisotopic (exact) mass is 424 g/mol. The fraction of sp³-hybridized carbons (Fsp3) is 0.450. The summed E-state index contributed by atoms with van der Waals surface area (Å²) in [6.45, 7) is 2.61. The van der Waals surface area contributed by atoms with Crippen LogP contribution >= 0.6 is 0 Å². The predicted octanol–water partition coefficient (Wildman–Crippen LogP) is 2.77. The Bertz CT molecular complexity index is 938. The minimum atomic E-state index is -4.68. The van der Waals surface area contributed by atoms with Crippen LogP contribution in [0, 0.1) is 0 Å². The van der Waals surface area contributed by atoms with Crippen LogP contribution in [-0.4, -0.2) is 65.2 Å². The number of aromatic nitrogens is 2. The van der Waals surface area contributed by atoms with Crippen molar-refractivity contribution in [1.29, 1.82) is 0 Å². The van der Waals surface area contributed by atoms with E-state index in [0.717, 1.165) is 4.68 Å². The molecule has 2 heterocycles.